The summed E-state index contributed by atoms with van der Waals surface area (Å²) in [6, 6.07) is 41.2. The van der Waals surface area contributed by atoms with Crippen LogP contribution in [-0.4, -0.2) is 248 Å². The van der Waals surface area contributed by atoms with Gasteiger partial charge in [-0.1, -0.05) is 163 Å². The number of piperidine rings is 1. The lowest BCUT2D eigenvalue weighted by molar-refractivity contribution is 0.122. The van der Waals surface area contributed by atoms with E-state index in [0.29, 0.717) is 89.0 Å². The number of aromatic nitrogens is 10. The Hall–Kier alpha value is -9.92. The Morgan fingerprint density at radius 1 is 0.419 bits per heavy atom. The van der Waals surface area contributed by atoms with Crippen molar-refractivity contribution in [1.82, 2.24) is 73.6 Å². The summed E-state index contributed by atoms with van der Waals surface area (Å²) >= 11 is 0. The third-order valence-corrected chi connectivity index (χ3v) is 27.2. The van der Waals surface area contributed by atoms with Crippen molar-refractivity contribution in [3.63, 3.8) is 0 Å². The smallest absolute Gasteiger partial charge is 0.244 e. The third-order valence-electron chi connectivity index (χ3n) is 23.5. The maximum Gasteiger partial charge on any atom is 0.244 e. The fourth-order valence-corrected chi connectivity index (χ4v) is 16.6. The summed E-state index contributed by atoms with van der Waals surface area (Å²) in [5, 5.41) is 21.1. The van der Waals surface area contributed by atoms with Gasteiger partial charge in [0.05, 0.1) is 57.3 Å². The van der Waals surface area contributed by atoms with Crippen LogP contribution in [0.2, 0.25) is 0 Å². The Labute approximate surface area is 815 Å². The van der Waals surface area contributed by atoms with E-state index in [2.05, 4.69) is 231 Å². The number of aliphatic hydroxyl groups is 2. The van der Waals surface area contributed by atoms with Crippen molar-refractivity contribution in [2.45, 2.75) is 233 Å². The van der Waals surface area contributed by atoms with Crippen LogP contribution in [0, 0.1) is 0 Å². The normalized spacial score (nSPS) is 14.9. The minimum absolute atomic E-state index is 0.0717. The standard InChI is InChI=1S/2C14H23N3O.C13H20N2O2S.C12H18N2O.C11H16N2.C10H16N2O2S.C9H13NO.C8H11NO.2C8H11N/c1-12(2)14-11-13(3-4-15-14)17-7-5-16(6-8-17)9-10-18;1-12(2)14-4-3-13(11-15-14)17-7-5-16(6-8-17)9-10-18;1-11(2)13-7-6-12(10-14-13)18(16,17)15-8-4-3-5-9-15;1-10(2)12-4-3-11(9-13-12)14-5-7-15-8-6-14;1-8(2)11-4-3-9(7-13-11)10-5-12-6-10;1-8(2)10-6-5-9(7-11-10)15(13,14)12(3)4;1-7(2)8-5-4-6-9(10-8)11-3;1-6(2)8-5-7(10)3-4-9-8;1-7(2)8-3-5-9-6-4-8;1-7(2)8-4-3-5-9-6-8/h2*3-4,11-12,18H,5-10H2,1-2H3;6-7,10-11H,3-5,8-9H2,1-2H3;3-4,9-10H,5-8H2,1-2H3;3-4,7-8,10,12H,5-6H2,1-2H3;5-8H,1-4H3;4-7H,1-3H3;3-6H,1-2H3,(H,9,10);2*3-7H,1-2H3. The zero-order chi connectivity index (χ0) is 99.9. The molecule has 15 heterocycles. The minimum atomic E-state index is -3.35. The number of methoxy groups -OCH3 is 1. The first-order valence-corrected chi connectivity index (χ1v) is 51.6. The second-order valence-corrected chi connectivity index (χ2v) is 41.8. The van der Waals surface area contributed by atoms with E-state index in [1.807, 2.05) is 127 Å². The highest BCUT2D eigenvalue weighted by Gasteiger charge is 2.28. The molecule has 0 aromatic carbocycles. The Morgan fingerprint density at radius 2 is 0.890 bits per heavy atom. The maximum absolute atomic E-state index is 12.4. The Balaban J connectivity index is 0.000000234. The first-order valence-electron chi connectivity index (χ1n) is 48.7. The van der Waals surface area contributed by atoms with E-state index in [-0.39, 0.29) is 23.5 Å². The molecular weight excluding hydrogens is 1750 g/mol. The molecule has 10 aromatic heterocycles. The number of rotatable bonds is 23. The molecule has 10 aromatic rings. The van der Waals surface area contributed by atoms with Gasteiger partial charge in [0.2, 0.25) is 25.9 Å². The molecule has 0 bridgehead atoms. The number of morpholine rings is 1. The monoisotopic (exact) mass is 1910 g/mol. The largest absolute Gasteiger partial charge is 0.481 e. The SMILES string of the molecule is CC(C)c1cc(=O)cc[nH]1.CC(C)c1cc(N2CCN(CCO)CC2)ccn1.CC(C)c1ccc(C2CNC2)cn1.CC(C)c1ccc(N2CCN(CCO)CC2)cn1.CC(C)c1ccc(N2CCOCC2)cn1.CC(C)c1ccc(S(=O)(=O)N(C)C)cn1.CC(C)c1ccc(S(=O)(=O)N2CCCCC2)cn1.CC(C)c1cccnc1.CC(C)c1ccncc1.COc1cccc(C(C)C)n1. The number of β-amino-alcohol motifs (C(OH)–C–C–N with tert-alkyl or cyclic N) is 2. The van der Waals surface area contributed by atoms with Crippen LogP contribution in [0.25, 0.3) is 0 Å². The zero-order valence-corrected chi connectivity index (χ0v) is 87.4. The molecule has 0 unspecified atom stereocenters. The van der Waals surface area contributed by atoms with Crippen molar-refractivity contribution < 1.29 is 36.5 Å². The summed E-state index contributed by atoms with van der Waals surface area (Å²) < 4.78 is 61.2. The van der Waals surface area contributed by atoms with Gasteiger partial charge in [-0.3, -0.25) is 54.5 Å². The highest BCUT2D eigenvalue weighted by Crippen LogP contribution is 2.28. The van der Waals surface area contributed by atoms with Crippen molar-refractivity contribution in [1.29, 1.82) is 0 Å². The summed E-state index contributed by atoms with van der Waals surface area (Å²) in [7, 11) is -2.04. The molecule has 5 aliphatic heterocycles. The first-order chi connectivity index (χ1) is 64.9. The van der Waals surface area contributed by atoms with Crippen molar-refractivity contribution >= 4 is 37.1 Å². The molecule has 0 saturated carbocycles. The number of aliphatic hydroxyl groups excluding tert-OH is 2. The van der Waals surface area contributed by atoms with Gasteiger partial charge >= 0.3 is 0 Å². The van der Waals surface area contributed by atoms with Crippen molar-refractivity contribution in [2.24, 2.45) is 0 Å². The molecule has 27 nitrogen and oxygen atoms in total. The van der Waals surface area contributed by atoms with E-state index in [4.69, 9.17) is 19.7 Å². The molecule has 0 radical (unpaired) electrons. The molecule has 5 aliphatic rings. The molecule has 15 rings (SSSR count). The molecule has 5 saturated heterocycles. The van der Waals surface area contributed by atoms with Crippen molar-refractivity contribution in [3.8, 4) is 5.88 Å². The molecule has 29 heteroatoms. The van der Waals surface area contributed by atoms with E-state index in [9.17, 15) is 21.6 Å². The molecule has 746 valence electrons. The second-order valence-electron chi connectivity index (χ2n) is 37.7. The van der Waals surface area contributed by atoms with Gasteiger partial charge < -0.3 is 44.7 Å². The number of nitrogens with one attached hydrogen (secondary N) is 2. The molecule has 136 heavy (non-hydrogen) atoms. The number of pyridine rings is 10. The fourth-order valence-electron chi connectivity index (χ4n) is 14.3. The van der Waals surface area contributed by atoms with E-state index in [1.165, 1.54) is 76.3 Å². The lowest BCUT2D eigenvalue weighted by Gasteiger charge is -2.35. The number of sulfonamides is 2. The summed E-state index contributed by atoms with van der Waals surface area (Å²) in [5.74, 6) is 6.09. The number of nitrogens with zero attached hydrogens (tertiary/aromatic N) is 16. The molecule has 0 spiro atoms. The van der Waals surface area contributed by atoms with E-state index < -0.39 is 20.0 Å². The van der Waals surface area contributed by atoms with Gasteiger partial charge in [-0.25, -0.2) is 26.1 Å². The van der Waals surface area contributed by atoms with Crippen LogP contribution in [0.1, 0.15) is 285 Å². The number of aromatic amines is 1. The average Bonchev–Trinajstić information content (AvgIpc) is 0.807. The second kappa shape index (κ2) is 60.7. The van der Waals surface area contributed by atoms with E-state index >= 15 is 0 Å². The Kier molecular flexibility index (Phi) is 51.3. The van der Waals surface area contributed by atoms with Gasteiger partial charge in [0, 0.05) is 250 Å². The molecule has 4 N–H and O–H groups in total. The van der Waals surface area contributed by atoms with Crippen molar-refractivity contribution in [3.05, 3.63) is 268 Å². The van der Waals surface area contributed by atoms with Crippen LogP contribution < -0.4 is 30.2 Å². The molecule has 5 fully saturated rings. The number of hydrogen-bond donors (Lipinski definition) is 4. The van der Waals surface area contributed by atoms with Crippen LogP contribution in [0.15, 0.2) is 210 Å². The molecular formula is C107H162N18O9S2. The Bertz CT molecular complexity index is 5140. The van der Waals surface area contributed by atoms with Crippen LogP contribution in [0.4, 0.5) is 17.1 Å². The minimum Gasteiger partial charge on any atom is -0.481 e. The number of H-pyrrole nitrogens is 1. The molecule has 0 atom stereocenters. The maximum atomic E-state index is 12.4. The third kappa shape index (κ3) is 40.3. The van der Waals surface area contributed by atoms with Crippen molar-refractivity contribution in [2.75, 3.05) is 167 Å². The molecule has 0 amide bonds. The average molecular weight is 1910 g/mol. The first kappa shape index (κ1) is 115. The van der Waals surface area contributed by atoms with Crippen LogP contribution in [0.3, 0.4) is 0 Å². The van der Waals surface area contributed by atoms with Gasteiger partial charge in [0.15, 0.2) is 5.43 Å². The summed E-state index contributed by atoms with van der Waals surface area (Å²) in [6.07, 6.45) is 22.9. The van der Waals surface area contributed by atoms with E-state index in [1.54, 1.807) is 48.1 Å². The summed E-state index contributed by atoms with van der Waals surface area (Å²) in [4.78, 5) is 64.4. The number of piperazine rings is 2. The van der Waals surface area contributed by atoms with Gasteiger partial charge in [-0.15, -0.1) is 0 Å². The number of anilines is 3. The van der Waals surface area contributed by atoms with Gasteiger partial charge in [-0.2, -0.15) is 4.31 Å². The summed E-state index contributed by atoms with van der Waals surface area (Å²) in [5.41, 5.74) is 16.3. The zero-order valence-electron chi connectivity index (χ0n) is 85.8. The molecule has 0 aliphatic carbocycles. The lowest BCUT2D eigenvalue weighted by atomic mass is 9.94. The topological polar surface area (TPSA) is 311 Å². The van der Waals surface area contributed by atoms with E-state index in [0.717, 1.165) is 164 Å². The van der Waals surface area contributed by atoms with Gasteiger partial charge in [-0.05, 0) is 180 Å². The fraction of sp³-hybridized carbons (Fsp3) is 0.533. The highest BCUT2D eigenvalue weighted by molar-refractivity contribution is 7.89. The van der Waals surface area contributed by atoms with Crippen LogP contribution >= 0.6 is 0 Å². The quantitative estimate of drug-likeness (QED) is 0.0462. The van der Waals surface area contributed by atoms with Crippen LogP contribution in [0.5, 0.6) is 5.88 Å². The Morgan fingerprint density at radius 3 is 1.26 bits per heavy atom. The highest BCUT2D eigenvalue weighted by atomic mass is 32.2. The summed E-state index contributed by atoms with van der Waals surface area (Å²) in [6.45, 7) is 59.8. The lowest BCUT2D eigenvalue weighted by Crippen LogP contribution is -2.47. The number of hydrogen-bond acceptors (Lipinski definition) is 24. The van der Waals surface area contributed by atoms with Crippen LogP contribution in [-0.2, 0) is 24.8 Å². The predicted octanol–water partition coefficient (Wildman–Crippen LogP) is 18.5. The van der Waals surface area contributed by atoms with Gasteiger partial charge in [0.25, 0.3) is 0 Å². The van der Waals surface area contributed by atoms with Gasteiger partial charge in [0.1, 0.15) is 9.79 Å². The predicted molar refractivity (Wildman–Crippen MR) is 556 cm³/mol. The number of ether oxygens (including phenoxy) is 2.